The van der Waals surface area contributed by atoms with Crippen molar-refractivity contribution in [1.29, 1.82) is 0 Å². The predicted molar refractivity (Wildman–Crippen MR) is 118 cm³/mol. The van der Waals surface area contributed by atoms with E-state index in [1.807, 2.05) is 6.92 Å². The van der Waals surface area contributed by atoms with Crippen molar-refractivity contribution in [3.8, 4) is 11.5 Å². The van der Waals surface area contributed by atoms with Crippen LogP contribution in [0, 0.1) is 10.1 Å². The first-order valence-electron chi connectivity index (χ1n) is 9.70. The molecule has 2 amide bonds. The van der Waals surface area contributed by atoms with Crippen LogP contribution in [0.5, 0.6) is 11.5 Å². The maximum absolute atomic E-state index is 12.5. The lowest BCUT2D eigenvalue weighted by molar-refractivity contribution is -0.384. The lowest BCUT2D eigenvalue weighted by Gasteiger charge is -2.16. The molecule has 0 N–H and O–H groups in total. The SMILES string of the molecule is CCOc1cc(/C=C2/SC(=O)N(C(C)C)C2=O)ccc1OCc1cccc([N+](=O)[O-])c1. The number of rotatable bonds is 8. The molecule has 0 saturated carbocycles. The van der Waals surface area contributed by atoms with Gasteiger partial charge in [-0.05, 0) is 61.9 Å². The van der Waals surface area contributed by atoms with E-state index in [-0.39, 0.29) is 29.5 Å². The topological polar surface area (TPSA) is 99.0 Å². The molecule has 2 aromatic rings. The van der Waals surface area contributed by atoms with E-state index in [0.29, 0.717) is 34.1 Å². The Bertz CT molecular complexity index is 1050. The third-order valence-electron chi connectivity index (χ3n) is 4.42. The van der Waals surface area contributed by atoms with Gasteiger partial charge in [0.25, 0.3) is 16.8 Å². The number of ether oxygens (including phenoxy) is 2. The van der Waals surface area contributed by atoms with E-state index in [2.05, 4.69) is 0 Å². The summed E-state index contributed by atoms with van der Waals surface area (Å²) in [5.41, 5.74) is 1.35. The van der Waals surface area contributed by atoms with Crippen LogP contribution in [0.15, 0.2) is 47.4 Å². The molecule has 1 aliphatic rings. The van der Waals surface area contributed by atoms with Gasteiger partial charge < -0.3 is 9.47 Å². The lowest BCUT2D eigenvalue weighted by Crippen LogP contribution is -2.34. The van der Waals surface area contributed by atoms with Crippen LogP contribution in [0.2, 0.25) is 0 Å². The highest BCUT2D eigenvalue weighted by Gasteiger charge is 2.36. The smallest absolute Gasteiger partial charge is 0.293 e. The Kier molecular flexibility index (Phi) is 6.96. The summed E-state index contributed by atoms with van der Waals surface area (Å²) in [5, 5.41) is 10.7. The number of hydrogen-bond acceptors (Lipinski definition) is 7. The van der Waals surface area contributed by atoms with Crippen LogP contribution in [0.25, 0.3) is 6.08 Å². The molecule has 1 saturated heterocycles. The van der Waals surface area contributed by atoms with E-state index >= 15 is 0 Å². The molecule has 1 fully saturated rings. The Morgan fingerprint density at radius 2 is 1.90 bits per heavy atom. The molecule has 3 rings (SSSR count). The molecule has 1 aliphatic heterocycles. The summed E-state index contributed by atoms with van der Waals surface area (Å²) in [6.45, 7) is 5.96. The van der Waals surface area contributed by atoms with Crippen molar-refractivity contribution in [3.05, 3.63) is 68.6 Å². The first-order valence-corrected chi connectivity index (χ1v) is 10.5. The summed E-state index contributed by atoms with van der Waals surface area (Å²) in [6, 6.07) is 11.2. The summed E-state index contributed by atoms with van der Waals surface area (Å²) in [6.07, 6.45) is 1.65. The maximum Gasteiger partial charge on any atom is 0.293 e. The van der Waals surface area contributed by atoms with E-state index < -0.39 is 4.92 Å². The molecule has 162 valence electrons. The number of thioether (sulfide) groups is 1. The molecule has 0 aromatic heterocycles. The number of imide groups is 1. The molecule has 0 spiro atoms. The molecule has 0 radical (unpaired) electrons. The van der Waals surface area contributed by atoms with Gasteiger partial charge in [-0.3, -0.25) is 24.6 Å². The minimum atomic E-state index is -0.453. The molecule has 0 atom stereocenters. The third-order valence-corrected chi connectivity index (χ3v) is 5.30. The molecule has 0 unspecified atom stereocenters. The minimum Gasteiger partial charge on any atom is -0.490 e. The molecule has 9 heteroatoms. The highest BCUT2D eigenvalue weighted by atomic mass is 32.2. The molecular formula is C22H22N2O6S. The van der Waals surface area contributed by atoms with Crippen LogP contribution in [0.4, 0.5) is 10.5 Å². The van der Waals surface area contributed by atoms with E-state index in [4.69, 9.17) is 9.47 Å². The fraction of sp³-hybridized carbons (Fsp3) is 0.273. The van der Waals surface area contributed by atoms with E-state index in [1.54, 1.807) is 50.3 Å². The van der Waals surface area contributed by atoms with Crippen LogP contribution >= 0.6 is 11.8 Å². The summed E-state index contributed by atoms with van der Waals surface area (Å²) < 4.78 is 11.5. The fourth-order valence-electron chi connectivity index (χ4n) is 3.00. The number of carbonyl (C=O) groups excluding carboxylic acids is 2. The zero-order valence-corrected chi connectivity index (χ0v) is 18.2. The van der Waals surface area contributed by atoms with Gasteiger partial charge in [0.1, 0.15) is 6.61 Å². The molecule has 8 nitrogen and oxygen atoms in total. The average Bonchev–Trinajstić information content (AvgIpc) is 3.01. The van der Waals surface area contributed by atoms with Crippen LogP contribution in [-0.2, 0) is 11.4 Å². The molecule has 2 aromatic carbocycles. The summed E-state index contributed by atoms with van der Waals surface area (Å²) >= 11 is 0.911. The van der Waals surface area contributed by atoms with E-state index in [9.17, 15) is 19.7 Å². The van der Waals surface area contributed by atoms with Crippen LogP contribution in [-0.4, -0.2) is 33.6 Å². The molecular weight excluding hydrogens is 420 g/mol. The van der Waals surface area contributed by atoms with Gasteiger partial charge >= 0.3 is 0 Å². The predicted octanol–water partition coefficient (Wildman–Crippen LogP) is 5.02. The first kappa shape index (κ1) is 22.4. The number of non-ortho nitro benzene ring substituents is 1. The Hall–Kier alpha value is -3.33. The maximum atomic E-state index is 12.5. The van der Waals surface area contributed by atoms with Crippen molar-refractivity contribution in [2.45, 2.75) is 33.4 Å². The quantitative estimate of drug-likeness (QED) is 0.322. The normalized spacial score (nSPS) is 15.1. The van der Waals surface area contributed by atoms with E-state index in [0.717, 1.165) is 11.8 Å². The van der Waals surface area contributed by atoms with Gasteiger partial charge in [0, 0.05) is 18.2 Å². The Balaban J connectivity index is 1.80. The number of nitro groups is 1. The fourth-order valence-corrected chi connectivity index (χ4v) is 3.96. The number of nitro benzene ring substituents is 1. The number of benzene rings is 2. The van der Waals surface area contributed by atoms with Crippen molar-refractivity contribution in [2.24, 2.45) is 0 Å². The monoisotopic (exact) mass is 442 g/mol. The largest absolute Gasteiger partial charge is 0.490 e. The van der Waals surface area contributed by atoms with Crippen molar-refractivity contribution in [2.75, 3.05) is 6.61 Å². The minimum absolute atomic E-state index is 0.00294. The van der Waals surface area contributed by atoms with E-state index in [1.165, 1.54) is 17.0 Å². The highest BCUT2D eigenvalue weighted by molar-refractivity contribution is 8.18. The van der Waals surface area contributed by atoms with Crippen LogP contribution in [0.3, 0.4) is 0 Å². The average molecular weight is 442 g/mol. The molecule has 0 aliphatic carbocycles. The summed E-state index contributed by atoms with van der Waals surface area (Å²) in [4.78, 5) is 36.6. The Morgan fingerprint density at radius 3 is 2.55 bits per heavy atom. The Labute approximate surface area is 184 Å². The van der Waals surface area contributed by atoms with Gasteiger partial charge in [0.2, 0.25) is 0 Å². The zero-order chi connectivity index (χ0) is 22.5. The number of amides is 2. The van der Waals surface area contributed by atoms with Crippen molar-refractivity contribution in [1.82, 2.24) is 4.90 Å². The van der Waals surface area contributed by atoms with Crippen molar-refractivity contribution >= 4 is 34.7 Å². The van der Waals surface area contributed by atoms with Crippen LogP contribution in [0.1, 0.15) is 31.9 Å². The van der Waals surface area contributed by atoms with Gasteiger partial charge in [-0.1, -0.05) is 18.2 Å². The van der Waals surface area contributed by atoms with Gasteiger partial charge in [-0.15, -0.1) is 0 Å². The lowest BCUT2D eigenvalue weighted by atomic mass is 10.1. The first-order chi connectivity index (χ1) is 14.8. The second-order valence-corrected chi connectivity index (χ2v) is 7.99. The van der Waals surface area contributed by atoms with Gasteiger partial charge in [0.05, 0.1) is 16.4 Å². The number of nitrogens with zero attached hydrogens (tertiary/aromatic N) is 2. The van der Waals surface area contributed by atoms with Crippen molar-refractivity contribution in [3.63, 3.8) is 0 Å². The Morgan fingerprint density at radius 1 is 1.13 bits per heavy atom. The number of hydrogen-bond donors (Lipinski definition) is 0. The molecule has 1 heterocycles. The van der Waals surface area contributed by atoms with Crippen molar-refractivity contribution < 1.29 is 24.0 Å². The third kappa shape index (κ3) is 5.24. The second-order valence-electron chi connectivity index (χ2n) is 7.00. The molecule has 0 bridgehead atoms. The highest BCUT2D eigenvalue weighted by Crippen LogP contribution is 2.35. The molecule has 31 heavy (non-hydrogen) atoms. The van der Waals surface area contributed by atoms with Gasteiger partial charge in [0.15, 0.2) is 11.5 Å². The zero-order valence-electron chi connectivity index (χ0n) is 17.4. The summed E-state index contributed by atoms with van der Waals surface area (Å²) in [5.74, 6) is 0.638. The van der Waals surface area contributed by atoms with Crippen LogP contribution < -0.4 is 9.47 Å². The van der Waals surface area contributed by atoms with Gasteiger partial charge in [-0.2, -0.15) is 0 Å². The van der Waals surface area contributed by atoms with Gasteiger partial charge in [-0.25, -0.2) is 0 Å². The standard InChI is InChI=1S/C22H22N2O6S/c1-4-29-19-11-15(12-20-21(25)23(14(2)3)22(26)31-20)8-9-18(19)30-13-16-6-5-7-17(10-16)24(27)28/h5-12,14H,4,13H2,1-3H3/b20-12+. The second kappa shape index (κ2) is 9.65. The summed E-state index contributed by atoms with van der Waals surface area (Å²) in [7, 11) is 0. The number of carbonyl (C=O) groups is 2.